The van der Waals surface area contributed by atoms with Gasteiger partial charge in [0.15, 0.2) is 0 Å². The Morgan fingerprint density at radius 1 is 1.20 bits per heavy atom. The monoisotopic (exact) mass is 283 g/mol. The molecule has 0 spiro atoms. The van der Waals surface area contributed by atoms with E-state index in [0.717, 1.165) is 32.4 Å². The van der Waals surface area contributed by atoms with E-state index in [0.29, 0.717) is 0 Å². The lowest BCUT2D eigenvalue weighted by Crippen LogP contribution is -2.51. The van der Waals surface area contributed by atoms with Gasteiger partial charge in [-0.25, -0.2) is 20.0 Å². The van der Waals surface area contributed by atoms with E-state index in [4.69, 9.17) is 4.74 Å². The molecule has 114 valence electrons. The molecule has 0 atom stereocenters. The van der Waals surface area contributed by atoms with E-state index in [1.165, 1.54) is 11.2 Å². The molecule has 0 unspecified atom stereocenters. The minimum absolute atomic E-state index is 0.228. The van der Waals surface area contributed by atoms with Crippen molar-refractivity contribution in [2.75, 3.05) is 13.1 Å². The topological polar surface area (TPSA) is 61.9 Å². The summed E-state index contributed by atoms with van der Waals surface area (Å²) in [5.41, 5.74) is 1.87. The molecule has 1 N–H and O–H groups in total. The van der Waals surface area contributed by atoms with E-state index in [9.17, 15) is 9.59 Å². The molecule has 1 fully saturated rings. The number of amides is 3. The Morgan fingerprint density at radius 2 is 1.80 bits per heavy atom. The third-order valence-electron chi connectivity index (χ3n) is 2.74. The molecule has 0 radical (unpaired) electrons. The van der Waals surface area contributed by atoms with Crippen molar-refractivity contribution >= 4 is 12.1 Å². The van der Waals surface area contributed by atoms with Crippen molar-refractivity contribution < 1.29 is 14.3 Å². The molecule has 0 aromatic heterocycles. The number of hydrogen-bond acceptors (Lipinski definition) is 3. The van der Waals surface area contributed by atoms with Crippen LogP contribution < -0.4 is 5.43 Å². The highest BCUT2D eigenvalue weighted by atomic mass is 16.6. The molecular formula is C14H25N3O3. The SMILES string of the molecule is C/C=C/N(NC(=O)OC(C)(C)C)C(=O)N1CCCCC1. The van der Waals surface area contributed by atoms with Gasteiger partial charge in [-0.05, 0) is 47.0 Å². The first-order chi connectivity index (χ1) is 9.33. The summed E-state index contributed by atoms with van der Waals surface area (Å²) < 4.78 is 5.16. The van der Waals surface area contributed by atoms with Gasteiger partial charge in [0, 0.05) is 19.3 Å². The van der Waals surface area contributed by atoms with Gasteiger partial charge < -0.3 is 9.64 Å². The highest BCUT2D eigenvalue weighted by Gasteiger charge is 2.24. The summed E-state index contributed by atoms with van der Waals surface area (Å²) >= 11 is 0. The summed E-state index contributed by atoms with van der Waals surface area (Å²) in [6, 6.07) is -0.228. The van der Waals surface area contributed by atoms with Crippen molar-refractivity contribution in [2.45, 2.75) is 52.6 Å². The smallest absolute Gasteiger partial charge is 0.427 e. The molecule has 1 saturated heterocycles. The number of rotatable bonds is 1. The number of hydrogen-bond donors (Lipinski definition) is 1. The normalized spacial score (nSPS) is 16.1. The van der Waals surface area contributed by atoms with Crippen LogP contribution in [0.2, 0.25) is 0 Å². The number of hydrazine groups is 1. The fourth-order valence-electron chi connectivity index (χ4n) is 1.93. The number of nitrogens with zero attached hydrogens (tertiary/aromatic N) is 2. The summed E-state index contributed by atoms with van der Waals surface area (Å²) in [5.74, 6) is 0. The number of urea groups is 1. The Balaban J connectivity index is 2.63. The molecule has 3 amide bonds. The van der Waals surface area contributed by atoms with Crippen LogP contribution in [0.4, 0.5) is 9.59 Å². The Bertz CT molecular complexity index is 368. The van der Waals surface area contributed by atoms with E-state index >= 15 is 0 Å². The maximum Gasteiger partial charge on any atom is 0.427 e. The van der Waals surface area contributed by atoms with Crippen LogP contribution in [0.5, 0.6) is 0 Å². The van der Waals surface area contributed by atoms with Crippen molar-refractivity contribution in [1.82, 2.24) is 15.3 Å². The van der Waals surface area contributed by atoms with Gasteiger partial charge in [0.05, 0.1) is 0 Å². The van der Waals surface area contributed by atoms with Crippen molar-refractivity contribution in [2.24, 2.45) is 0 Å². The molecule has 1 rings (SSSR count). The molecule has 6 heteroatoms. The van der Waals surface area contributed by atoms with E-state index in [1.54, 1.807) is 38.7 Å². The third-order valence-corrected chi connectivity index (χ3v) is 2.74. The van der Waals surface area contributed by atoms with Crippen LogP contribution in [-0.2, 0) is 4.74 Å². The van der Waals surface area contributed by atoms with Gasteiger partial charge in [-0.2, -0.15) is 0 Å². The Labute approximate surface area is 120 Å². The van der Waals surface area contributed by atoms with Gasteiger partial charge in [0.25, 0.3) is 0 Å². The third kappa shape index (κ3) is 5.50. The van der Waals surface area contributed by atoms with Crippen LogP contribution in [0.1, 0.15) is 47.0 Å². The number of ether oxygens (including phenoxy) is 1. The first kappa shape index (κ1) is 16.3. The van der Waals surface area contributed by atoms with Gasteiger partial charge >= 0.3 is 12.1 Å². The van der Waals surface area contributed by atoms with Gasteiger partial charge in [0.2, 0.25) is 0 Å². The summed E-state index contributed by atoms with van der Waals surface area (Å²) in [7, 11) is 0. The predicted octanol–water partition coefficient (Wildman–Crippen LogP) is 2.87. The second-order valence-corrected chi connectivity index (χ2v) is 5.80. The van der Waals surface area contributed by atoms with Crippen molar-refractivity contribution in [1.29, 1.82) is 0 Å². The number of allylic oxidation sites excluding steroid dienone is 1. The van der Waals surface area contributed by atoms with E-state index in [-0.39, 0.29) is 6.03 Å². The van der Waals surface area contributed by atoms with Crippen LogP contribution in [0.15, 0.2) is 12.3 Å². The zero-order valence-corrected chi connectivity index (χ0v) is 12.8. The molecule has 0 bridgehead atoms. The summed E-state index contributed by atoms with van der Waals surface area (Å²) in [4.78, 5) is 25.8. The average Bonchev–Trinajstić information content (AvgIpc) is 2.36. The Hall–Kier alpha value is -1.72. The zero-order chi connectivity index (χ0) is 15.2. The first-order valence-electron chi connectivity index (χ1n) is 7.04. The van der Waals surface area contributed by atoms with Crippen molar-refractivity contribution in [3.63, 3.8) is 0 Å². The highest BCUT2D eigenvalue weighted by molar-refractivity contribution is 5.79. The summed E-state index contributed by atoms with van der Waals surface area (Å²) in [6.07, 6.45) is 5.73. The minimum Gasteiger partial charge on any atom is -0.443 e. The Kier molecular flexibility index (Phi) is 5.85. The van der Waals surface area contributed by atoms with Crippen LogP contribution in [0, 0.1) is 0 Å². The first-order valence-corrected chi connectivity index (χ1v) is 7.04. The summed E-state index contributed by atoms with van der Waals surface area (Å²) in [5, 5.41) is 1.18. The lowest BCUT2D eigenvalue weighted by molar-refractivity contribution is 0.0399. The van der Waals surface area contributed by atoms with Gasteiger partial charge in [-0.15, -0.1) is 0 Å². The molecule has 0 aliphatic carbocycles. The highest BCUT2D eigenvalue weighted by Crippen LogP contribution is 2.11. The van der Waals surface area contributed by atoms with Gasteiger partial charge in [-0.3, -0.25) is 0 Å². The zero-order valence-electron chi connectivity index (χ0n) is 12.8. The van der Waals surface area contributed by atoms with Crippen molar-refractivity contribution in [3.05, 3.63) is 12.3 Å². The molecule has 1 aliphatic heterocycles. The maximum atomic E-state index is 12.3. The molecule has 1 aliphatic rings. The molecular weight excluding hydrogens is 258 g/mol. The predicted molar refractivity (Wildman–Crippen MR) is 76.8 cm³/mol. The number of carbonyl (C=O) groups is 2. The van der Waals surface area contributed by atoms with Gasteiger partial charge in [0.1, 0.15) is 5.60 Å². The number of likely N-dealkylation sites (tertiary alicyclic amines) is 1. The Morgan fingerprint density at radius 3 is 2.30 bits per heavy atom. The lowest BCUT2D eigenvalue weighted by Gasteiger charge is -2.31. The molecule has 0 aromatic carbocycles. The minimum atomic E-state index is -0.638. The number of piperidine rings is 1. The molecule has 1 heterocycles. The van der Waals surface area contributed by atoms with Crippen LogP contribution in [0.25, 0.3) is 0 Å². The lowest BCUT2D eigenvalue weighted by atomic mass is 10.1. The molecule has 0 aromatic rings. The largest absolute Gasteiger partial charge is 0.443 e. The average molecular weight is 283 g/mol. The quantitative estimate of drug-likeness (QED) is 0.753. The second kappa shape index (κ2) is 7.17. The fraction of sp³-hybridized carbons (Fsp3) is 0.714. The van der Waals surface area contributed by atoms with E-state index in [2.05, 4.69) is 5.43 Å². The fourth-order valence-corrected chi connectivity index (χ4v) is 1.93. The maximum absolute atomic E-state index is 12.3. The molecule has 6 nitrogen and oxygen atoms in total. The number of carbonyl (C=O) groups excluding carboxylic acids is 2. The molecule has 0 saturated carbocycles. The summed E-state index contributed by atoms with van der Waals surface area (Å²) in [6.45, 7) is 8.57. The van der Waals surface area contributed by atoms with Gasteiger partial charge in [-0.1, -0.05) is 6.08 Å². The van der Waals surface area contributed by atoms with E-state index < -0.39 is 11.7 Å². The van der Waals surface area contributed by atoms with Crippen molar-refractivity contribution in [3.8, 4) is 0 Å². The van der Waals surface area contributed by atoms with Crippen LogP contribution in [-0.4, -0.2) is 40.7 Å². The second-order valence-electron chi connectivity index (χ2n) is 5.80. The molecule has 20 heavy (non-hydrogen) atoms. The van der Waals surface area contributed by atoms with Crippen LogP contribution in [0.3, 0.4) is 0 Å². The number of nitrogens with one attached hydrogen (secondary N) is 1. The van der Waals surface area contributed by atoms with E-state index in [1.807, 2.05) is 0 Å². The standard InChI is InChI=1S/C14H25N3O3/c1-5-9-17(15-12(18)20-14(2,3)4)13(19)16-10-7-6-8-11-16/h5,9H,6-8,10-11H2,1-4H3,(H,15,18)/b9-5+. The van der Waals surface area contributed by atoms with Crippen LogP contribution >= 0.6 is 0 Å².